The van der Waals surface area contributed by atoms with Crippen LogP contribution in [0.25, 0.3) is 5.69 Å². The zero-order valence-corrected chi connectivity index (χ0v) is 18.7. The second kappa shape index (κ2) is 10.7. The lowest BCUT2D eigenvalue weighted by molar-refractivity contribution is 0.396. The van der Waals surface area contributed by atoms with Gasteiger partial charge in [0, 0.05) is 45.1 Å². The van der Waals surface area contributed by atoms with Gasteiger partial charge in [0.15, 0.2) is 5.96 Å². The minimum Gasteiger partial charge on any atom is -0.496 e. The molecule has 0 aliphatic carbocycles. The van der Waals surface area contributed by atoms with Crippen molar-refractivity contribution in [3.8, 4) is 11.4 Å². The summed E-state index contributed by atoms with van der Waals surface area (Å²) in [5, 5.41) is 3.45. The normalized spacial score (nSPS) is 10.9. The molecule has 0 unspecified atom stereocenters. The van der Waals surface area contributed by atoms with E-state index in [4.69, 9.17) is 4.74 Å². The third-order valence-corrected chi connectivity index (χ3v) is 4.38. The number of para-hydroxylation sites is 2. The smallest absolute Gasteiger partial charge is 0.193 e. The second-order valence-corrected chi connectivity index (χ2v) is 6.17. The molecule has 0 saturated carbocycles. The fraction of sp³-hybridized carbons (Fsp3) is 0.238. The van der Waals surface area contributed by atoms with E-state index in [1.165, 1.54) is 5.56 Å². The van der Waals surface area contributed by atoms with Crippen molar-refractivity contribution in [3.05, 3.63) is 78.4 Å². The highest BCUT2D eigenvalue weighted by molar-refractivity contribution is 14.0. The largest absolute Gasteiger partial charge is 0.496 e. The predicted octanol–water partition coefficient (Wildman–Crippen LogP) is 3.71. The predicted molar refractivity (Wildman–Crippen MR) is 124 cm³/mol. The van der Waals surface area contributed by atoms with Crippen molar-refractivity contribution in [2.45, 2.75) is 13.1 Å². The van der Waals surface area contributed by atoms with Gasteiger partial charge in [0.05, 0.1) is 19.1 Å². The minimum absolute atomic E-state index is 0. The Morgan fingerprint density at radius 1 is 1.14 bits per heavy atom. The second-order valence-electron chi connectivity index (χ2n) is 6.17. The van der Waals surface area contributed by atoms with Crippen molar-refractivity contribution in [2.24, 2.45) is 4.99 Å². The van der Waals surface area contributed by atoms with Crippen LogP contribution in [0.1, 0.15) is 11.1 Å². The van der Waals surface area contributed by atoms with E-state index in [0.29, 0.717) is 13.1 Å². The van der Waals surface area contributed by atoms with Crippen molar-refractivity contribution >= 4 is 29.9 Å². The summed E-state index contributed by atoms with van der Waals surface area (Å²) in [6.45, 7) is 1.37. The van der Waals surface area contributed by atoms with E-state index in [0.717, 1.165) is 23.0 Å². The van der Waals surface area contributed by atoms with Crippen molar-refractivity contribution in [2.75, 3.05) is 21.2 Å². The zero-order chi connectivity index (χ0) is 19.1. The number of hydrogen-bond donors (Lipinski definition) is 1. The Morgan fingerprint density at radius 3 is 2.54 bits per heavy atom. The summed E-state index contributed by atoms with van der Waals surface area (Å²) in [5.74, 6) is 1.70. The molecule has 0 aliphatic heterocycles. The number of halogens is 1. The van der Waals surface area contributed by atoms with Gasteiger partial charge in [-0.2, -0.15) is 0 Å². The molecular weight excluding hydrogens is 465 g/mol. The van der Waals surface area contributed by atoms with Gasteiger partial charge in [0.25, 0.3) is 0 Å². The Balaban J connectivity index is 0.00000280. The molecule has 0 fully saturated rings. The van der Waals surface area contributed by atoms with Crippen molar-refractivity contribution < 1.29 is 4.74 Å². The molecule has 3 rings (SSSR count). The summed E-state index contributed by atoms with van der Waals surface area (Å²) >= 11 is 0. The van der Waals surface area contributed by atoms with Crippen LogP contribution >= 0.6 is 24.0 Å². The van der Waals surface area contributed by atoms with E-state index < -0.39 is 0 Å². The van der Waals surface area contributed by atoms with Gasteiger partial charge >= 0.3 is 0 Å². The fourth-order valence-corrected chi connectivity index (χ4v) is 3.04. The monoisotopic (exact) mass is 491 g/mol. The molecule has 0 bridgehead atoms. The molecule has 3 aromatic rings. The van der Waals surface area contributed by atoms with Crippen LogP contribution in [-0.2, 0) is 13.1 Å². The van der Waals surface area contributed by atoms with Gasteiger partial charge in [0.1, 0.15) is 5.75 Å². The Hall–Kier alpha value is -2.55. The van der Waals surface area contributed by atoms with E-state index in [-0.39, 0.29) is 24.0 Å². The number of rotatable bonds is 6. The van der Waals surface area contributed by atoms with Crippen molar-refractivity contribution in [1.82, 2.24) is 19.8 Å². The van der Waals surface area contributed by atoms with Gasteiger partial charge in [-0.25, -0.2) is 4.98 Å². The van der Waals surface area contributed by atoms with Gasteiger partial charge in [-0.15, -0.1) is 24.0 Å². The lowest BCUT2D eigenvalue weighted by Crippen LogP contribution is -2.38. The summed E-state index contributed by atoms with van der Waals surface area (Å²) in [4.78, 5) is 10.6. The van der Waals surface area contributed by atoms with E-state index in [2.05, 4.69) is 38.4 Å². The van der Waals surface area contributed by atoms with E-state index >= 15 is 0 Å². The van der Waals surface area contributed by atoms with Crippen molar-refractivity contribution in [3.63, 3.8) is 0 Å². The summed E-state index contributed by atoms with van der Waals surface area (Å²) in [6.07, 6.45) is 5.53. The maximum atomic E-state index is 5.45. The number of benzene rings is 2. The standard InChI is InChI=1S/C21H25N5O.HI/c1-22-21(25(2)15-18-9-5-7-11-20(18)27-3)24-14-17-8-4-6-10-19(17)26-13-12-23-16-26;/h4-13,16H,14-15H2,1-3H3,(H,22,24);1H. The first kappa shape index (κ1) is 21.7. The minimum atomic E-state index is 0. The number of aromatic nitrogens is 2. The van der Waals surface area contributed by atoms with Crippen LogP contribution in [0.15, 0.2) is 72.2 Å². The SMILES string of the molecule is CN=C(NCc1ccccc1-n1ccnc1)N(C)Cc1ccccc1OC.I. The van der Waals surface area contributed by atoms with Crippen LogP contribution in [0, 0.1) is 0 Å². The maximum Gasteiger partial charge on any atom is 0.193 e. The van der Waals surface area contributed by atoms with Crippen molar-refractivity contribution in [1.29, 1.82) is 0 Å². The molecule has 0 amide bonds. The highest BCUT2D eigenvalue weighted by Gasteiger charge is 2.11. The first-order valence-corrected chi connectivity index (χ1v) is 8.83. The Bertz CT molecular complexity index is 895. The lowest BCUT2D eigenvalue weighted by Gasteiger charge is -2.23. The molecule has 1 heterocycles. The molecular formula is C21H26IN5O. The first-order chi connectivity index (χ1) is 13.2. The Labute approximate surface area is 183 Å². The van der Waals surface area contributed by atoms with Gasteiger partial charge < -0.3 is 19.5 Å². The number of hydrogen-bond acceptors (Lipinski definition) is 3. The molecule has 0 saturated heterocycles. The Kier molecular flexibility index (Phi) is 8.31. The highest BCUT2D eigenvalue weighted by atomic mass is 127. The van der Waals surface area contributed by atoms with Gasteiger partial charge in [-0.05, 0) is 17.7 Å². The molecule has 0 aliphatic rings. The topological polar surface area (TPSA) is 54.7 Å². The first-order valence-electron chi connectivity index (χ1n) is 8.83. The molecule has 0 spiro atoms. The molecule has 6 nitrogen and oxygen atoms in total. The summed E-state index contributed by atoms with van der Waals surface area (Å²) in [6, 6.07) is 16.3. The number of imidazole rings is 1. The summed E-state index contributed by atoms with van der Waals surface area (Å²) in [7, 11) is 5.51. The number of nitrogens with one attached hydrogen (secondary N) is 1. The third kappa shape index (κ3) is 5.25. The van der Waals surface area contributed by atoms with E-state index in [9.17, 15) is 0 Å². The quantitative estimate of drug-likeness (QED) is 0.325. The van der Waals surface area contributed by atoms with Crippen LogP contribution in [0.3, 0.4) is 0 Å². The average Bonchev–Trinajstić information content (AvgIpc) is 3.24. The number of ether oxygens (including phenoxy) is 1. The molecule has 2 aromatic carbocycles. The molecule has 0 atom stereocenters. The maximum absolute atomic E-state index is 5.45. The van der Waals surface area contributed by atoms with Gasteiger partial charge in [-0.1, -0.05) is 36.4 Å². The van der Waals surface area contributed by atoms with Crippen LogP contribution in [0.4, 0.5) is 0 Å². The van der Waals surface area contributed by atoms with Gasteiger partial charge in [0.2, 0.25) is 0 Å². The highest BCUT2D eigenvalue weighted by Crippen LogP contribution is 2.19. The lowest BCUT2D eigenvalue weighted by atomic mass is 10.1. The molecule has 1 aromatic heterocycles. The summed E-state index contributed by atoms with van der Waals surface area (Å²) in [5.41, 5.74) is 3.39. The molecule has 28 heavy (non-hydrogen) atoms. The molecule has 148 valence electrons. The van der Waals surface area contributed by atoms with E-state index in [1.54, 1.807) is 20.4 Å². The van der Waals surface area contributed by atoms with Crippen LogP contribution in [0.2, 0.25) is 0 Å². The van der Waals surface area contributed by atoms with E-state index in [1.807, 2.05) is 54.5 Å². The number of nitrogens with zero attached hydrogens (tertiary/aromatic N) is 4. The van der Waals surface area contributed by atoms with Crippen LogP contribution < -0.4 is 10.1 Å². The fourth-order valence-electron chi connectivity index (χ4n) is 3.04. The molecule has 7 heteroatoms. The Morgan fingerprint density at radius 2 is 1.86 bits per heavy atom. The molecule has 1 N–H and O–H groups in total. The number of methoxy groups -OCH3 is 1. The van der Waals surface area contributed by atoms with Gasteiger partial charge in [-0.3, -0.25) is 4.99 Å². The third-order valence-electron chi connectivity index (χ3n) is 4.38. The number of guanidine groups is 1. The zero-order valence-electron chi connectivity index (χ0n) is 16.4. The summed E-state index contributed by atoms with van der Waals surface area (Å²) < 4.78 is 7.46. The van der Waals surface area contributed by atoms with Crippen LogP contribution in [0.5, 0.6) is 5.75 Å². The number of aliphatic imine (C=N–C) groups is 1. The molecule has 0 radical (unpaired) electrons. The van der Waals surface area contributed by atoms with Crippen LogP contribution in [-0.4, -0.2) is 41.6 Å². The average molecular weight is 491 g/mol.